The second-order valence-corrected chi connectivity index (χ2v) is 10.7. The molecule has 0 bridgehead atoms. The third-order valence-corrected chi connectivity index (χ3v) is 6.87. The molecular weight excluding hydrogens is 498 g/mol. The SMILES string of the molecule is Cn1cc(-c2ccc3c(C(=O)NC4CCC(Oc5ncccc5C(N)=O)CC4)nn(CC(C)(C)O)c3c2)cn1. The number of carbonyl (C=O) groups excluding carboxylic acids is 2. The molecule has 1 fully saturated rings. The van der Waals surface area contributed by atoms with Crippen LogP contribution in [0.3, 0.4) is 0 Å². The van der Waals surface area contributed by atoms with Crippen LogP contribution in [-0.4, -0.2) is 59.2 Å². The van der Waals surface area contributed by atoms with Gasteiger partial charge in [-0.25, -0.2) is 4.98 Å². The summed E-state index contributed by atoms with van der Waals surface area (Å²) in [4.78, 5) is 29.2. The van der Waals surface area contributed by atoms with Crippen LogP contribution in [0.1, 0.15) is 60.4 Å². The van der Waals surface area contributed by atoms with E-state index in [0.717, 1.165) is 22.0 Å². The van der Waals surface area contributed by atoms with Crippen LogP contribution >= 0.6 is 0 Å². The lowest BCUT2D eigenvalue weighted by atomic mass is 9.92. The Hall–Kier alpha value is -4.25. The van der Waals surface area contributed by atoms with Crippen molar-refractivity contribution < 1.29 is 19.4 Å². The van der Waals surface area contributed by atoms with Gasteiger partial charge in [-0.2, -0.15) is 10.2 Å². The summed E-state index contributed by atoms with van der Waals surface area (Å²) in [6.07, 6.45) is 7.97. The second kappa shape index (κ2) is 10.5. The van der Waals surface area contributed by atoms with Gasteiger partial charge in [0.05, 0.1) is 23.9 Å². The van der Waals surface area contributed by atoms with Gasteiger partial charge in [-0.05, 0) is 69.4 Å². The van der Waals surface area contributed by atoms with Crippen LogP contribution in [0.15, 0.2) is 48.9 Å². The number of nitrogens with two attached hydrogens (primary N) is 1. The third kappa shape index (κ3) is 5.93. The monoisotopic (exact) mass is 531 g/mol. The first-order chi connectivity index (χ1) is 18.6. The van der Waals surface area contributed by atoms with Gasteiger partial charge in [0.15, 0.2) is 5.69 Å². The molecule has 11 nitrogen and oxygen atoms in total. The van der Waals surface area contributed by atoms with Crippen LogP contribution in [0.4, 0.5) is 0 Å². The molecule has 4 aromatic rings. The van der Waals surface area contributed by atoms with Crippen LogP contribution in [0.5, 0.6) is 5.88 Å². The molecule has 0 aliphatic heterocycles. The van der Waals surface area contributed by atoms with Crippen molar-refractivity contribution >= 4 is 22.7 Å². The number of benzene rings is 1. The maximum absolute atomic E-state index is 13.4. The van der Waals surface area contributed by atoms with Gasteiger partial charge in [0.2, 0.25) is 5.88 Å². The van der Waals surface area contributed by atoms with Crippen molar-refractivity contribution in [1.82, 2.24) is 29.9 Å². The number of carbonyl (C=O) groups is 2. The number of aliphatic hydroxyl groups is 1. The highest BCUT2D eigenvalue weighted by Crippen LogP contribution is 2.29. The Kier molecular flexibility index (Phi) is 7.09. The highest BCUT2D eigenvalue weighted by Gasteiger charge is 2.28. The molecule has 0 spiro atoms. The normalized spacial score (nSPS) is 17.7. The van der Waals surface area contributed by atoms with E-state index in [9.17, 15) is 14.7 Å². The molecule has 0 radical (unpaired) electrons. The largest absolute Gasteiger partial charge is 0.474 e. The minimum absolute atomic E-state index is 0.0409. The Balaban J connectivity index is 1.31. The molecule has 3 heterocycles. The van der Waals surface area contributed by atoms with E-state index >= 15 is 0 Å². The van der Waals surface area contributed by atoms with E-state index < -0.39 is 11.5 Å². The quantitative estimate of drug-likeness (QED) is 0.316. The molecule has 1 aromatic carbocycles. The highest BCUT2D eigenvalue weighted by molar-refractivity contribution is 6.05. The molecule has 39 heavy (non-hydrogen) atoms. The van der Waals surface area contributed by atoms with E-state index in [4.69, 9.17) is 10.5 Å². The van der Waals surface area contributed by atoms with Crippen molar-refractivity contribution in [3.63, 3.8) is 0 Å². The number of ether oxygens (including phenoxy) is 1. The summed E-state index contributed by atoms with van der Waals surface area (Å²) in [5.74, 6) is -0.594. The molecule has 1 saturated carbocycles. The lowest BCUT2D eigenvalue weighted by molar-refractivity contribution is 0.0587. The number of aromatic nitrogens is 5. The van der Waals surface area contributed by atoms with Crippen molar-refractivity contribution in [3.8, 4) is 17.0 Å². The molecular formula is C28H33N7O4. The maximum Gasteiger partial charge on any atom is 0.272 e. The minimum atomic E-state index is -1.02. The van der Waals surface area contributed by atoms with Gasteiger partial charge < -0.3 is 20.9 Å². The minimum Gasteiger partial charge on any atom is -0.474 e. The predicted molar refractivity (Wildman–Crippen MR) is 145 cm³/mol. The molecule has 1 aliphatic carbocycles. The van der Waals surface area contributed by atoms with Crippen LogP contribution in [-0.2, 0) is 13.6 Å². The number of hydrogen-bond donors (Lipinski definition) is 3. The standard InChI is InChI=1S/C28H33N7O4/c1-28(2,38)16-35-23-13-17(18-14-31-34(3)15-18)6-11-21(23)24(33-35)26(37)32-19-7-9-20(10-8-19)39-27-22(25(29)36)5-4-12-30-27/h4-6,11-15,19-20,38H,7-10,16H2,1-3H3,(H2,29,36)(H,32,37). The molecule has 4 N–H and O–H groups in total. The van der Waals surface area contributed by atoms with Gasteiger partial charge in [-0.15, -0.1) is 0 Å². The van der Waals surface area contributed by atoms with Crippen molar-refractivity contribution in [2.75, 3.05) is 0 Å². The van der Waals surface area contributed by atoms with E-state index in [0.29, 0.717) is 31.4 Å². The van der Waals surface area contributed by atoms with E-state index in [1.54, 1.807) is 47.7 Å². The number of fused-ring (bicyclic) bond motifs is 1. The molecule has 0 unspecified atom stereocenters. The average Bonchev–Trinajstić information content (AvgIpc) is 3.48. The van der Waals surface area contributed by atoms with Gasteiger partial charge in [0.1, 0.15) is 11.7 Å². The van der Waals surface area contributed by atoms with Crippen LogP contribution < -0.4 is 15.8 Å². The highest BCUT2D eigenvalue weighted by atomic mass is 16.5. The first-order valence-corrected chi connectivity index (χ1v) is 13.0. The molecule has 3 aromatic heterocycles. The van der Waals surface area contributed by atoms with Crippen LogP contribution in [0, 0.1) is 0 Å². The lowest BCUT2D eigenvalue weighted by Gasteiger charge is -2.29. The molecule has 0 atom stereocenters. The van der Waals surface area contributed by atoms with Gasteiger partial charge >= 0.3 is 0 Å². The van der Waals surface area contributed by atoms with Gasteiger partial charge in [0.25, 0.3) is 11.8 Å². The number of nitrogens with one attached hydrogen (secondary N) is 1. The topological polar surface area (TPSA) is 150 Å². The fraction of sp³-hybridized carbons (Fsp3) is 0.393. The zero-order valence-electron chi connectivity index (χ0n) is 22.3. The molecule has 204 valence electrons. The lowest BCUT2D eigenvalue weighted by Crippen LogP contribution is -2.40. The van der Waals surface area contributed by atoms with Crippen LogP contribution in [0.2, 0.25) is 0 Å². The first kappa shape index (κ1) is 26.4. The fourth-order valence-electron chi connectivity index (χ4n) is 4.99. The van der Waals surface area contributed by atoms with Crippen LogP contribution in [0.25, 0.3) is 22.0 Å². The number of rotatable bonds is 8. The van der Waals surface area contributed by atoms with Gasteiger partial charge in [0, 0.05) is 36.4 Å². The Bertz CT molecular complexity index is 1510. The molecule has 0 saturated heterocycles. The summed E-state index contributed by atoms with van der Waals surface area (Å²) >= 11 is 0. The summed E-state index contributed by atoms with van der Waals surface area (Å²) in [6, 6.07) is 9.02. The summed E-state index contributed by atoms with van der Waals surface area (Å²) in [7, 11) is 1.86. The Morgan fingerprint density at radius 1 is 1.18 bits per heavy atom. The third-order valence-electron chi connectivity index (χ3n) is 6.87. The van der Waals surface area contributed by atoms with Crippen molar-refractivity contribution in [3.05, 3.63) is 60.2 Å². The van der Waals surface area contributed by atoms with Gasteiger partial charge in [-0.3, -0.25) is 19.0 Å². The Morgan fingerprint density at radius 3 is 2.62 bits per heavy atom. The maximum atomic E-state index is 13.4. The molecule has 5 rings (SSSR count). The molecule has 2 amide bonds. The zero-order valence-corrected chi connectivity index (χ0v) is 22.3. The summed E-state index contributed by atoms with van der Waals surface area (Å²) in [5, 5.41) is 23.2. The van der Waals surface area contributed by atoms with E-state index in [-0.39, 0.29) is 36.0 Å². The first-order valence-electron chi connectivity index (χ1n) is 13.0. The number of pyridine rings is 1. The fourth-order valence-corrected chi connectivity index (χ4v) is 4.99. The smallest absolute Gasteiger partial charge is 0.272 e. The predicted octanol–water partition coefficient (Wildman–Crippen LogP) is 2.82. The zero-order chi connectivity index (χ0) is 27.7. The Morgan fingerprint density at radius 2 is 1.95 bits per heavy atom. The van der Waals surface area contributed by atoms with Crippen molar-refractivity contribution in [1.29, 1.82) is 0 Å². The molecule has 11 heteroatoms. The van der Waals surface area contributed by atoms with E-state index in [1.165, 1.54) is 0 Å². The number of nitrogens with zero attached hydrogens (tertiary/aromatic N) is 5. The summed E-state index contributed by atoms with van der Waals surface area (Å²) < 4.78 is 9.40. The molecule has 1 aliphatic rings. The van der Waals surface area contributed by atoms with E-state index in [2.05, 4.69) is 20.5 Å². The average molecular weight is 532 g/mol. The number of primary amides is 1. The summed E-state index contributed by atoms with van der Waals surface area (Å²) in [6.45, 7) is 3.66. The van der Waals surface area contributed by atoms with Gasteiger partial charge in [-0.1, -0.05) is 6.07 Å². The number of amides is 2. The number of hydrogen-bond acceptors (Lipinski definition) is 7. The summed E-state index contributed by atoms with van der Waals surface area (Å²) in [5.41, 5.74) is 7.67. The van der Waals surface area contributed by atoms with Crippen molar-refractivity contribution in [2.24, 2.45) is 12.8 Å². The van der Waals surface area contributed by atoms with E-state index in [1.807, 2.05) is 31.4 Å². The number of aryl methyl sites for hydroxylation is 1. The Labute approximate surface area is 226 Å². The second-order valence-electron chi connectivity index (χ2n) is 10.7. The van der Waals surface area contributed by atoms with Crippen molar-refractivity contribution in [2.45, 2.75) is 63.8 Å².